The summed E-state index contributed by atoms with van der Waals surface area (Å²) in [5.74, 6) is -0.653. The third-order valence-electron chi connectivity index (χ3n) is 1.56. The van der Waals surface area contributed by atoms with Gasteiger partial charge >= 0.3 is 0 Å². The van der Waals surface area contributed by atoms with Gasteiger partial charge < -0.3 is 17.2 Å². The second-order valence-corrected chi connectivity index (χ2v) is 5.72. The molecule has 0 aliphatic rings. The number of hydrogen-bond acceptors (Lipinski definition) is 6. The van der Waals surface area contributed by atoms with Crippen LogP contribution in [0.1, 0.15) is 5.69 Å². The van der Waals surface area contributed by atoms with Gasteiger partial charge in [-0.2, -0.15) is 4.99 Å². The summed E-state index contributed by atoms with van der Waals surface area (Å²) in [6.45, 7) is 0.137. The first-order valence-electron chi connectivity index (χ1n) is 4.59. The van der Waals surface area contributed by atoms with E-state index in [0.29, 0.717) is 10.8 Å². The maximum Gasteiger partial charge on any atom is 0.216 e. The summed E-state index contributed by atoms with van der Waals surface area (Å²) in [5.41, 5.74) is 16.4. The van der Waals surface area contributed by atoms with Crippen molar-refractivity contribution in [3.8, 4) is 0 Å². The van der Waals surface area contributed by atoms with Gasteiger partial charge in [0.25, 0.3) is 0 Å². The van der Waals surface area contributed by atoms with Crippen LogP contribution in [0.25, 0.3) is 0 Å². The second-order valence-electron chi connectivity index (χ2n) is 3.27. The van der Waals surface area contributed by atoms with Crippen LogP contribution in [-0.4, -0.2) is 30.9 Å². The Kier molecular flexibility index (Phi) is 4.58. The van der Waals surface area contributed by atoms with Crippen LogP contribution in [0, 0.1) is 0 Å². The van der Waals surface area contributed by atoms with Gasteiger partial charge in [-0.25, -0.2) is 18.5 Å². The number of sulfonamides is 1. The van der Waals surface area contributed by atoms with Crippen LogP contribution in [0.4, 0.5) is 5.13 Å². The maximum absolute atomic E-state index is 10.7. The zero-order valence-electron chi connectivity index (χ0n) is 9.28. The third-order valence-corrected chi connectivity index (χ3v) is 3.04. The number of guanidine groups is 1. The van der Waals surface area contributed by atoms with E-state index >= 15 is 0 Å². The van der Waals surface area contributed by atoms with Gasteiger partial charge in [-0.05, 0) is 0 Å². The Morgan fingerprint density at radius 2 is 2.06 bits per heavy atom. The Morgan fingerprint density at radius 1 is 1.39 bits per heavy atom. The molecule has 100 valence electrons. The Bertz CT molecular complexity index is 570. The fourth-order valence-electron chi connectivity index (χ4n) is 0.965. The number of thiazole rings is 1. The van der Waals surface area contributed by atoms with E-state index in [1.54, 1.807) is 5.38 Å². The molecule has 0 radical (unpaired) electrons. The molecule has 1 aromatic rings. The quantitative estimate of drug-likeness (QED) is 0.367. The van der Waals surface area contributed by atoms with Gasteiger partial charge in [-0.3, -0.25) is 4.99 Å². The predicted molar refractivity (Wildman–Crippen MR) is 70.9 cm³/mol. The van der Waals surface area contributed by atoms with E-state index in [1.807, 2.05) is 0 Å². The number of nitrogens with two attached hydrogens (primary N) is 4. The van der Waals surface area contributed by atoms with E-state index in [1.165, 1.54) is 11.3 Å². The minimum atomic E-state index is -3.67. The maximum atomic E-state index is 10.7. The normalized spacial score (nSPS) is 12.4. The fourth-order valence-corrected chi connectivity index (χ4v) is 2.17. The van der Waals surface area contributed by atoms with Gasteiger partial charge in [0.15, 0.2) is 5.96 Å². The van der Waals surface area contributed by atoms with E-state index < -0.39 is 15.8 Å². The molecule has 9 nitrogen and oxygen atoms in total. The largest absolute Gasteiger partial charge is 0.387 e. The molecule has 1 heterocycles. The zero-order chi connectivity index (χ0) is 13.8. The van der Waals surface area contributed by atoms with Gasteiger partial charge in [0.05, 0.1) is 12.2 Å². The first kappa shape index (κ1) is 14.3. The summed E-state index contributed by atoms with van der Waals surface area (Å²) in [6.07, 6.45) is 0. The number of hydrogen-bond donors (Lipinski definition) is 4. The highest BCUT2D eigenvalue weighted by molar-refractivity contribution is 7.89. The number of aliphatic imine (C=N–C) groups is 2. The minimum Gasteiger partial charge on any atom is -0.387 e. The molecule has 1 rings (SSSR count). The Morgan fingerprint density at radius 3 is 2.61 bits per heavy atom. The van der Waals surface area contributed by atoms with E-state index in [4.69, 9.17) is 22.3 Å². The second kappa shape index (κ2) is 5.75. The molecular weight excluding hydrogens is 278 g/mol. The smallest absolute Gasteiger partial charge is 0.216 e. The van der Waals surface area contributed by atoms with Gasteiger partial charge in [-0.1, -0.05) is 0 Å². The van der Waals surface area contributed by atoms with Crippen molar-refractivity contribution in [2.24, 2.45) is 32.3 Å². The summed E-state index contributed by atoms with van der Waals surface area (Å²) in [7, 11) is -3.67. The van der Waals surface area contributed by atoms with Crippen molar-refractivity contribution in [3.05, 3.63) is 11.1 Å². The first-order chi connectivity index (χ1) is 8.26. The minimum absolute atomic E-state index is 0.0751. The fraction of sp³-hybridized carbons (Fsp3) is 0.286. The molecule has 0 fully saturated rings. The van der Waals surface area contributed by atoms with Crippen molar-refractivity contribution in [2.45, 2.75) is 6.54 Å². The van der Waals surface area contributed by atoms with Gasteiger partial charge in [-0.15, -0.1) is 11.3 Å². The summed E-state index contributed by atoms with van der Waals surface area (Å²) < 4.78 is 21.5. The van der Waals surface area contributed by atoms with E-state index in [-0.39, 0.29) is 18.3 Å². The molecule has 1 aromatic heterocycles. The van der Waals surface area contributed by atoms with E-state index in [2.05, 4.69) is 15.0 Å². The summed E-state index contributed by atoms with van der Waals surface area (Å²) in [5, 5.41) is 6.90. The number of aromatic nitrogens is 1. The van der Waals surface area contributed by atoms with Gasteiger partial charge in [0.1, 0.15) is 11.6 Å². The summed E-state index contributed by atoms with van der Waals surface area (Å²) >= 11 is 1.23. The zero-order valence-corrected chi connectivity index (χ0v) is 10.9. The standard InChI is InChI=1S/C7H13N7O2S2/c8-5(3-18(11,15)16)12-1-4-2-17-7(13-4)14-6(9)10/h2H,1,3H2,(H2,8,12)(H2,11,15,16)(H4,9,10,13,14). The van der Waals surface area contributed by atoms with Crippen molar-refractivity contribution in [1.29, 1.82) is 0 Å². The SMILES string of the molecule is NC(N)=Nc1nc(CN=C(N)CS(N)(=O)=O)cs1. The Hall–Kier alpha value is -1.72. The molecule has 0 saturated heterocycles. The average molecular weight is 291 g/mol. The van der Waals surface area contributed by atoms with Crippen LogP contribution >= 0.6 is 11.3 Å². The molecule has 11 heteroatoms. The number of rotatable bonds is 5. The van der Waals surface area contributed by atoms with Gasteiger partial charge in [0, 0.05) is 5.38 Å². The van der Waals surface area contributed by atoms with Crippen LogP contribution in [0.5, 0.6) is 0 Å². The van der Waals surface area contributed by atoms with Crippen molar-refractivity contribution >= 4 is 38.3 Å². The molecule has 0 aromatic carbocycles. The molecule has 8 N–H and O–H groups in total. The lowest BCUT2D eigenvalue weighted by atomic mass is 10.5. The highest BCUT2D eigenvalue weighted by Gasteiger charge is 2.06. The van der Waals surface area contributed by atoms with Crippen molar-refractivity contribution in [1.82, 2.24) is 4.98 Å². The molecule has 0 aliphatic carbocycles. The van der Waals surface area contributed by atoms with E-state index in [9.17, 15) is 8.42 Å². The first-order valence-corrected chi connectivity index (χ1v) is 7.19. The molecule has 0 saturated carbocycles. The van der Waals surface area contributed by atoms with Gasteiger partial charge in [0.2, 0.25) is 15.2 Å². The topological polar surface area (TPSA) is 176 Å². The third kappa shape index (κ3) is 5.56. The van der Waals surface area contributed by atoms with Crippen molar-refractivity contribution in [2.75, 3.05) is 5.75 Å². The molecule has 0 atom stereocenters. The molecule has 0 unspecified atom stereocenters. The summed E-state index contributed by atoms with van der Waals surface area (Å²) in [4.78, 5) is 11.6. The van der Waals surface area contributed by atoms with Crippen molar-refractivity contribution in [3.63, 3.8) is 0 Å². The number of nitrogens with zero attached hydrogens (tertiary/aromatic N) is 3. The molecule has 0 aliphatic heterocycles. The molecule has 18 heavy (non-hydrogen) atoms. The average Bonchev–Trinajstić information content (AvgIpc) is 2.59. The summed E-state index contributed by atoms with van der Waals surface area (Å²) in [6, 6.07) is 0. The van der Waals surface area contributed by atoms with Crippen LogP contribution in [0.3, 0.4) is 0 Å². The Labute approximate surface area is 108 Å². The molecule has 0 spiro atoms. The van der Waals surface area contributed by atoms with Crippen LogP contribution < -0.4 is 22.3 Å². The molecular formula is C7H13N7O2S2. The highest BCUT2D eigenvalue weighted by atomic mass is 32.2. The van der Waals surface area contributed by atoms with Crippen molar-refractivity contribution < 1.29 is 8.42 Å². The van der Waals surface area contributed by atoms with Crippen LogP contribution in [0.2, 0.25) is 0 Å². The highest BCUT2D eigenvalue weighted by Crippen LogP contribution is 2.18. The predicted octanol–water partition coefficient (Wildman–Crippen LogP) is -1.81. The lowest BCUT2D eigenvalue weighted by Crippen LogP contribution is -2.28. The number of primary sulfonamides is 1. The van der Waals surface area contributed by atoms with Crippen LogP contribution in [0.15, 0.2) is 15.4 Å². The molecule has 0 bridgehead atoms. The number of amidine groups is 1. The van der Waals surface area contributed by atoms with E-state index in [0.717, 1.165) is 0 Å². The monoisotopic (exact) mass is 291 g/mol. The lowest BCUT2D eigenvalue weighted by molar-refractivity contribution is 0.601. The van der Waals surface area contributed by atoms with Crippen LogP contribution in [-0.2, 0) is 16.6 Å². The molecule has 0 amide bonds. The Balaban J connectivity index is 2.66. The lowest BCUT2D eigenvalue weighted by Gasteiger charge is -1.97.